The van der Waals surface area contributed by atoms with Gasteiger partial charge in [0.2, 0.25) is 5.95 Å². The quantitative estimate of drug-likeness (QED) is 0.576. The molecule has 0 saturated carbocycles. The van der Waals surface area contributed by atoms with E-state index in [1.54, 1.807) is 36.9 Å². The number of hydrogen-bond donors (Lipinski definition) is 2. The van der Waals surface area contributed by atoms with Gasteiger partial charge in [-0.15, -0.1) is 6.42 Å². The molecule has 1 aliphatic rings. The lowest BCUT2D eigenvalue weighted by molar-refractivity contribution is 0.313. The molecule has 8 nitrogen and oxygen atoms in total. The highest BCUT2D eigenvalue weighted by Crippen LogP contribution is 2.25. The number of benzene rings is 1. The highest BCUT2D eigenvalue weighted by molar-refractivity contribution is 7.92. The van der Waals surface area contributed by atoms with Crippen LogP contribution >= 0.6 is 0 Å². The van der Waals surface area contributed by atoms with Crippen LogP contribution in [0, 0.1) is 12.3 Å². The predicted octanol–water partition coefficient (Wildman–Crippen LogP) is 3.69. The van der Waals surface area contributed by atoms with Crippen molar-refractivity contribution in [3.63, 3.8) is 0 Å². The van der Waals surface area contributed by atoms with E-state index in [0.717, 1.165) is 25.2 Å². The van der Waals surface area contributed by atoms with Gasteiger partial charge in [-0.25, -0.2) is 14.2 Å². The van der Waals surface area contributed by atoms with E-state index in [4.69, 9.17) is 6.42 Å². The third kappa shape index (κ3) is 5.41. The van der Waals surface area contributed by atoms with Crippen LogP contribution in [0.2, 0.25) is 0 Å². The maximum atomic E-state index is 12.0. The zero-order valence-corrected chi connectivity index (χ0v) is 19.1. The smallest absolute Gasteiger partial charge is 0.229 e. The maximum Gasteiger partial charge on any atom is 0.229 e. The Morgan fingerprint density at radius 2 is 2.00 bits per heavy atom. The molecule has 2 aromatic heterocycles. The third-order valence-electron chi connectivity index (χ3n) is 4.90. The molecule has 0 amide bonds. The Kier molecular flexibility index (Phi) is 6.08. The molecule has 164 valence electrons. The number of hydrogen-bond acceptors (Lipinski definition) is 8. The molecule has 1 aromatic carbocycles. The number of pyridine rings is 1. The summed E-state index contributed by atoms with van der Waals surface area (Å²) in [6.07, 6.45) is 11.4. The zero-order valence-electron chi connectivity index (χ0n) is 18.3. The van der Waals surface area contributed by atoms with Crippen molar-refractivity contribution in [1.82, 2.24) is 19.9 Å². The molecule has 0 fully saturated rings. The highest BCUT2D eigenvalue weighted by Gasteiger charge is 2.14. The average molecular weight is 448 g/mol. The Morgan fingerprint density at radius 3 is 2.78 bits per heavy atom. The number of terminal acetylenes is 1. The van der Waals surface area contributed by atoms with E-state index < -0.39 is 9.73 Å². The number of aromatic nitrogens is 3. The predicted molar refractivity (Wildman–Crippen MR) is 129 cm³/mol. The molecule has 0 bridgehead atoms. The van der Waals surface area contributed by atoms with Crippen LogP contribution in [0.1, 0.15) is 16.7 Å². The first-order valence-electron chi connectivity index (χ1n) is 10.1. The van der Waals surface area contributed by atoms with Crippen LogP contribution in [0.15, 0.2) is 47.0 Å². The van der Waals surface area contributed by atoms with Crippen LogP contribution in [0.3, 0.4) is 0 Å². The van der Waals surface area contributed by atoms with Gasteiger partial charge in [0.05, 0.1) is 11.8 Å². The zero-order chi connectivity index (χ0) is 22.7. The summed E-state index contributed by atoms with van der Waals surface area (Å²) in [6, 6.07) is 11.6. The molecule has 0 atom stereocenters. The summed E-state index contributed by atoms with van der Waals surface area (Å²) in [6.45, 7) is 1.99. The standard InChI is InChI=1S/C23H25N7OS/c1-5-16-14-24-23(25-19-10-9-17-11-12-30(2)15-18(17)13-19)28-22(16)27-20-7-6-8-21(26-20)29-32(3,4)31/h1,6-10,13-14H,11-12,15H2,2-4H3,(H2,24,25,26,27,28). The van der Waals surface area contributed by atoms with Gasteiger partial charge in [0.1, 0.15) is 5.82 Å². The topological polar surface area (TPSA) is 95.4 Å². The van der Waals surface area contributed by atoms with Crippen LogP contribution in [0.5, 0.6) is 0 Å². The average Bonchev–Trinajstić information content (AvgIpc) is 2.73. The van der Waals surface area contributed by atoms with Crippen LogP contribution < -0.4 is 10.6 Å². The Morgan fingerprint density at radius 1 is 1.16 bits per heavy atom. The Hall–Kier alpha value is -3.48. The number of likely N-dealkylation sites (N-methyl/N-ethyl adjacent to an activating group) is 1. The van der Waals surface area contributed by atoms with Crippen molar-refractivity contribution in [3.8, 4) is 12.3 Å². The highest BCUT2D eigenvalue weighted by atomic mass is 32.2. The molecule has 1 aliphatic heterocycles. The van der Waals surface area contributed by atoms with Crippen molar-refractivity contribution >= 4 is 38.8 Å². The van der Waals surface area contributed by atoms with Gasteiger partial charge in [-0.05, 0) is 48.9 Å². The Bertz CT molecular complexity index is 1310. The van der Waals surface area contributed by atoms with Crippen molar-refractivity contribution in [3.05, 3.63) is 59.3 Å². The summed E-state index contributed by atoms with van der Waals surface area (Å²) in [7, 11) is -0.194. The summed E-state index contributed by atoms with van der Waals surface area (Å²) in [4.78, 5) is 15.6. The molecular weight excluding hydrogens is 422 g/mol. The molecule has 32 heavy (non-hydrogen) atoms. The van der Waals surface area contributed by atoms with Crippen molar-refractivity contribution in [2.75, 3.05) is 36.7 Å². The van der Waals surface area contributed by atoms with Crippen molar-refractivity contribution in [2.45, 2.75) is 13.0 Å². The van der Waals surface area contributed by atoms with E-state index in [-0.39, 0.29) is 0 Å². The fraction of sp³-hybridized carbons (Fsp3) is 0.261. The van der Waals surface area contributed by atoms with E-state index >= 15 is 0 Å². The first-order chi connectivity index (χ1) is 15.3. The molecule has 3 heterocycles. The van der Waals surface area contributed by atoms with Gasteiger partial charge in [0.15, 0.2) is 11.6 Å². The Labute approximate surface area is 188 Å². The van der Waals surface area contributed by atoms with E-state index in [9.17, 15) is 4.21 Å². The number of rotatable bonds is 5. The second-order valence-corrected chi connectivity index (χ2v) is 10.5. The van der Waals surface area contributed by atoms with Gasteiger partial charge in [-0.3, -0.25) is 0 Å². The fourth-order valence-corrected chi connectivity index (χ4v) is 3.99. The maximum absolute atomic E-state index is 12.0. The molecule has 4 rings (SSSR count). The van der Waals surface area contributed by atoms with Gasteiger partial charge in [-0.2, -0.15) is 9.35 Å². The van der Waals surface area contributed by atoms with E-state index in [1.807, 2.05) is 6.07 Å². The number of nitrogens with one attached hydrogen (secondary N) is 2. The summed E-state index contributed by atoms with van der Waals surface area (Å²) < 4.78 is 16.1. The monoisotopic (exact) mass is 447 g/mol. The number of nitrogens with zero attached hydrogens (tertiary/aromatic N) is 5. The van der Waals surface area contributed by atoms with Gasteiger partial charge in [-0.1, -0.05) is 18.1 Å². The van der Waals surface area contributed by atoms with E-state index in [0.29, 0.717) is 29.0 Å². The second kappa shape index (κ2) is 8.94. The summed E-state index contributed by atoms with van der Waals surface area (Å²) >= 11 is 0. The minimum Gasteiger partial charge on any atom is -0.324 e. The molecule has 0 spiro atoms. The molecule has 0 aliphatic carbocycles. The SMILES string of the molecule is C#Cc1cnc(Nc2ccc3c(c2)CN(C)CC3)nc1Nc1cccc(N=S(C)(C)=O)n1. The lowest BCUT2D eigenvalue weighted by Crippen LogP contribution is -2.26. The fourth-order valence-electron chi connectivity index (χ4n) is 3.44. The number of anilines is 4. The Balaban J connectivity index is 1.59. The second-order valence-electron chi connectivity index (χ2n) is 7.98. The van der Waals surface area contributed by atoms with Crippen LogP contribution in [-0.2, 0) is 22.7 Å². The third-order valence-corrected chi connectivity index (χ3v) is 5.53. The van der Waals surface area contributed by atoms with Crippen LogP contribution in [0.25, 0.3) is 0 Å². The molecule has 2 N–H and O–H groups in total. The first kappa shape index (κ1) is 21.7. The number of fused-ring (bicyclic) bond motifs is 1. The summed E-state index contributed by atoms with van der Waals surface area (Å²) in [5.41, 5.74) is 4.09. The molecular formula is C23H25N7OS. The van der Waals surface area contributed by atoms with Gasteiger partial charge in [0.25, 0.3) is 0 Å². The van der Waals surface area contributed by atoms with Crippen LogP contribution in [0.4, 0.5) is 29.1 Å². The first-order valence-corrected chi connectivity index (χ1v) is 12.4. The van der Waals surface area contributed by atoms with Gasteiger partial charge >= 0.3 is 0 Å². The van der Waals surface area contributed by atoms with E-state index in [1.165, 1.54) is 11.1 Å². The normalized spacial score (nSPS) is 13.7. The van der Waals surface area contributed by atoms with E-state index in [2.05, 4.69) is 59.9 Å². The van der Waals surface area contributed by atoms with Crippen molar-refractivity contribution in [1.29, 1.82) is 0 Å². The minimum absolute atomic E-state index is 0.374. The van der Waals surface area contributed by atoms with Crippen LogP contribution in [-0.4, -0.2) is 50.2 Å². The molecule has 9 heteroatoms. The van der Waals surface area contributed by atoms with Crippen molar-refractivity contribution < 1.29 is 4.21 Å². The lowest BCUT2D eigenvalue weighted by Gasteiger charge is -2.25. The van der Waals surface area contributed by atoms with Gasteiger partial charge in [0, 0.05) is 41.0 Å². The minimum atomic E-state index is -2.32. The molecule has 0 radical (unpaired) electrons. The lowest BCUT2D eigenvalue weighted by atomic mass is 9.99. The van der Waals surface area contributed by atoms with Crippen molar-refractivity contribution in [2.24, 2.45) is 4.36 Å². The molecule has 0 unspecified atom stereocenters. The molecule has 0 saturated heterocycles. The molecule has 3 aromatic rings. The van der Waals surface area contributed by atoms with Gasteiger partial charge < -0.3 is 15.5 Å². The summed E-state index contributed by atoms with van der Waals surface area (Å²) in [5.74, 6) is 4.32. The summed E-state index contributed by atoms with van der Waals surface area (Å²) in [5, 5.41) is 6.39. The largest absolute Gasteiger partial charge is 0.324 e.